The van der Waals surface area contributed by atoms with E-state index in [1.54, 1.807) is 18.2 Å². The van der Waals surface area contributed by atoms with Gasteiger partial charge < -0.3 is 5.73 Å². The van der Waals surface area contributed by atoms with Gasteiger partial charge in [-0.2, -0.15) is 15.8 Å². The number of rotatable bonds is 1. The highest BCUT2D eigenvalue weighted by Crippen LogP contribution is 2.21. The van der Waals surface area contributed by atoms with E-state index in [-0.39, 0.29) is 11.4 Å². The molecule has 6 heteroatoms. The standard InChI is InChI=1S/C12H6N6/c13-4-8-1-2-9(16)11(3-8)18-7-17-10(5-14)12(18)6-15/h1-3,7H,16H2. The molecule has 2 aromatic rings. The predicted octanol–water partition coefficient (Wildman–Crippen LogP) is 1.07. The fourth-order valence-corrected chi connectivity index (χ4v) is 1.54. The molecular weight excluding hydrogens is 228 g/mol. The van der Waals surface area contributed by atoms with Crippen molar-refractivity contribution in [1.82, 2.24) is 9.55 Å². The second-order valence-electron chi connectivity index (χ2n) is 3.42. The van der Waals surface area contributed by atoms with E-state index < -0.39 is 0 Å². The lowest BCUT2D eigenvalue weighted by atomic mass is 10.2. The van der Waals surface area contributed by atoms with Gasteiger partial charge in [0.15, 0.2) is 11.4 Å². The van der Waals surface area contributed by atoms with E-state index in [9.17, 15) is 0 Å². The molecule has 0 aliphatic carbocycles. The van der Waals surface area contributed by atoms with Crippen molar-refractivity contribution in [3.63, 3.8) is 0 Å². The summed E-state index contributed by atoms with van der Waals surface area (Å²) >= 11 is 0. The summed E-state index contributed by atoms with van der Waals surface area (Å²) in [6.45, 7) is 0. The zero-order valence-electron chi connectivity index (χ0n) is 9.12. The number of anilines is 1. The third kappa shape index (κ3) is 1.63. The average molecular weight is 234 g/mol. The van der Waals surface area contributed by atoms with Gasteiger partial charge in [-0.05, 0) is 18.2 Å². The lowest BCUT2D eigenvalue weighted by Gasteiger charge is -2.07. The van der Waals surface area contributed by atoms with Crippen LogP contribution >= 0.6 is 0 Å². The SMILES string of the molecule is N#Cc1ccc(N)c(-n2cnc(C#N)c2C#N)c1. The van der Waals surface area contributed by atoms with Gasteiger partial charge in [0.2, 0.25) is 0 Å². The third-order valence-electron chi connectivity index (χ3n) is 2.40. The number of nitriles is 3. The van der Waals surface area contributed by atoms with Gasteiger partial charge in [-0.15, -0.1) is 0 Å². The monoisotopic (exact) mass is 234 g/mol. The van der Waals surface area contributed by atoms with E-state index in [0.29, 0.717) is 16.9 Å². The summed E-state index contributed by atoms with van der Waals surface area (Å²) in [5, 5.41) is 26.7. The highest BCUT2D eigenvalue weighted by molar-refractivity contribution is 5.62. The summed E-state index contributed by atoms with van der Waals surface area (Å²) in [6.07, 6.45) is 1.34. The Morgan fingerprint density at radius 1 is 1.11 bits per heavy atom. The summed E-state index contributed by atoms with van der Waals surface area (Å²) in [7, 11) is 0. The van der Waals surface area contributed by atoms with Crippen LogP contribution in [0.2, 0.25) is 0 Å². The minimum Gasteiger partial charge on any atom is -0.397 e. The number of hydrogen-bond donors (Lipinski definition) is 1. The van der Waals surface area contributed by atoms with Crippen molar-refractivity contribution in [2.24, 2.45) is 0 Å². The van der Waals surface area contributed by atoms with Gasteiger partial charge in [0, 0.05) is 0 Å². The van der Waals surface area contributed by atoms with Crippen LogP contribution < -0.4 is 5.73 Å². The fraction of sp³-hybridized carbons (Fsp3) is 0. The lowest BCUT2D eigenvalue weighted by molar-refractivity contribution is 1.04. The molecule has 18 heavy (non-hydrogen) atoms. The molecule has 0 radical (unpaired) electrons. The molecule has 0 aliphatic rings. The third-order valence-corrected chi connectivity index (χ3v) is 2.40. The quantitative estimate of drug-likeness (QED) is 0.741. The average Bonchev–Trinajstić information content (AvgIpc) is 2.82. The molecule has 2 N–H and O–H groups in total. The highest BCUT2D eigenvalue weighted by atomic mass is 15.1. The first-order valence-corrected chi connectivity index (χ1v) is 4.88. The summed E-state index contributed by atoms with van der Waals surface area (Å²) < 4.78 is 1.40. The first kappa shape index (κ1) is 11.2. The molecule has 0 unspecified atom stereocenters. The van der Waals surface area contributed by atoms with Gasteiger partial charge in [-0.1, -0.05) is 0 Å². The number of nitrogens with zero attached hydrogens (tertiary/aromatic N) is 5. The maximum atomic E-state index is 9.03. The molecule has 1 heterocycles. The number of imidazole rings is 1. The molecule has 0 aliphatic heterocycles. The van der Waals surface area contributed by atoms with Crippen molar-refractivity contribution < 1.29 is 0 Å². The van der Waals surface area contributed by atoms with E-state index in [2.05, 4.69) is 4.98 Å². The molecule has 0 saturated heterocycles. The minimum absolute atomic E-state index is 0.0271. The molecule has 1 aromatic carbocycles. The Morgan fingerprint density at radius 3 is 2.50 bits per heavy atom. The lowest BCUT2D eigenvalue weighted by Crippen LogP contribution is -2.02. The maximum Gasteiger partial charge on any atom is 0.177 e. The number of benzene rings is 1. The molecule has 0 atom stereocenters. The molecular formula is C12H6N6. The zero-order valence-corrected chi connectivity index (χ0v) is 9.12. The Hall–Kier alpha value is -3.30. The number of nitrogen functional groups attached to an aromatic ring is 1. The van der Waals surface area contributed by atoms with Crippen molar-refractivity contribution in [3.05, 3.63) is 41.5 Å². The first-order chi connectivity index (χ1) is 8.71. The Balaban J connectivity index is 2.71. The van der Waals surface area contributed by atoms with Gasteiger partial charge in [0.25, 0.3) is 0 Å². The number of hydrogen-bond acceptors (Lipinski definition) is 5. The molecule has 6 nitrogen and oxygen atoms in total. The second-order valence-corrected chi connectivity index (χ2v) is 3.42. The molecule has 0 saturated carbocycles. The molecule has 84 valence electrons. The highest BCUT2D eigenvalue weighted by Gasteiger charge is 2.13. The Morgan fingerprint density at radius 2 is 1.89 bits per heavy atom. The number of aromatic nitrogens is 2. The van der Waals surface area contributed by atoms with Crippen LogP contribution in [0.1, 0.15) is 17.0 Å². The summed E-state index contributed by atoms with van der Waals surface area (Å²) in [5.74, 6) is 0. The van der Waals surface area contributed by atoms with Crippen molar-refractivity contribution >= 4 is 5.69 Å². The van der Waals surface area contributed by atoms with Crippen LogP contribution in [-0.4, -0.2) is 9.55 Å². The van der Waals surface area contributed by atoms with Crippen molar-refractivity contribution in [1.29, 1.82) is 15.8 Å². The van der Waals surface area contributed by atoms with Crippen molar-refractivity contribution in [3.8, 4) is 23.9 Å². The van der Waals surface area contributed by atoms with Crippen LogP contribution in [0.4, 0.5) is 5.69 Å². The van der Waals surface area contributed by atoms with E-state index >= 15 is 0 Å². The predicted molar refractivity (Wildman–Crippen MR) is 62.1 cm³/mol. The summed E-state index contributed by atoms with van der Waals surface area (Å²) in [6, 6.07) is 10.4. The normalized spacial score (nSPS) is 9.17. The van der Waals surface area contributed by atoms with Gasteiger partial charge in [-0.3, -0.25) is 4.57 Å². The van der Waals surface area contributed by atoms with Crippen LogP contribution in [0.15, 0.2) is 24.5 Å². The van der Waals surface area contributed by atoms with E-state index in [0.717, 1.165) is 0 Å². The van der Waals surface area contributed by atoms with Gasteiger partial charge >= 0.3 is 0 Å². The summed E-state index contributed by atoms with van der Waals surface area (Å²) in [5.41, 5.74) is 7.19. The second kappa shape index (κ2) is 4.29. The van der Waals surface area contributed by atoms with Crippen LogP contribution in [0, 0.1) is 34.0 Å². The molecule has 0 bridgehead atoms. The smallest absolute Gasteiger partial charge is 0.177 e. The fourth-order valence-electron chi connectivity index (χ4n) is 1.54. The Bertz CT molecular complexity index is 735. The molecule has 0 amide bonds. The van der Waals surface area contributed by atoms with E-state index in [1.807, 2.05) is 18.2 Å². The van der Waals surface area contributed by atoms with E-state index in [4.69, 9.17) is 21.5 Å². The molecule has 2 rings (SSSR count). The zero-order chi connectivity index (χ0) is 13.1. The van der Waals surface area contributed by atoms with Crippen LogP contribution in [0.3, 0.4) is 0 Å². The molecule has 1 aromatic heterocycles. The number of nitrogens with two attached hydrogens (primary N) is 1. The molecule has 0 spiro atoms. The topological polar surface area (TPSA) is 115 Å². The van der Waals surface area contributed by atoms with Gasteiger partial charge in [-0.25, -0.2) is 4.98 Å². The van der Waals surface area contributed by atoms with Crippen molar-refractivity contribution in [2.45, 2.75) is 0 Å². The van der Waals surface area contributed by atoms with Gasteiger partial charge in [0.1, 0.15) is 18.5 Å². The first-order valence-electron chi connectivity index (χ1n) is 4.88. The largest absolute Gasteiger partial charge is 0.397 e. The minimum atomic E-state index is 0.0271. The van der Waals surface area contributed by atoms with Crippen molar-refractivity contribution in [2.75, 3.05) is 5.73 Å². The van der Waals surface area contributed by atoms with Crippen LogP contribution in [-0.2, 0) is 0 Å². The molecule has 0 fully saturated rings. The van der Waals surface area contributed by atoms with Crippen LogP contribution in [0.5, 0.6) is 0 Å². The van der Waals surface area contributed by atoms with Gasteiger partial charge in [0.05, 0.1) is 23.0 Å². The Kier molecular flexibility index (Phi) is 2.67. The maximum absolute atomic E-state index is 9.03. The summed E-state index contributed by atoms with van der Waals surface area (Å²) in [4.78, 5) is 3.82. The van der Waals surface area contributed by atoms with E-state index in [1.165, 1.54) is 10.9 Å². The Labute approximate surface area is 103 Å². The van der Waals surface area contributed by atoms with Crippen LogP contribution in [0.25, 0.3) is 5.69 Å².